The van der Waals surface area contributed by atoms with Gasteiger partial charge in [-0.05, 0) is 70.8 Å². The lowest BCUT2D eigenvalue weighted by Gasteiger charge is -2.08. The van der Waals surface area contributed by atoms with Crippen molar-refractivity contribution in [2.75, 3.05) is 0 Å². The number of thiophene rings is 1. The van der Waals surface area contributed by atoms with E-state index in [1.165, 1.54) is 15.5 Å². The maximum atomic E-state index is 9.70. The normalized spacial score (nSPS) is 11.1. The molecule has 176 valence electrons. The molecule has 7 aromatic rings. The molecule has 3 nitrogen and oxygen atoms in total. The van der Waals surface area contributed by atoms with Crippen LogP contribution in [0.25, 0.3) is 63.2 Å². The Morgan fingerprint density at radius 1 is 0.500 bits per heavy atom. The van der Waals surface area contributed by atoms with Crippen LogP contribution in [0.4, 0.5) is 0 Å². The molecule has 0 bridgehead atoms. The zero-order valence-corrected chi connectivity index (χ0v) is 21.6. The number of rotatable bonds is 3. The Morgan fingerprint density at radius 3 is 1.92 bits per heavy atom. The molecule has 2 heterocycles. The molecule has 0 aliphatic rings. The minimum absolute atomic E-state index is 0.621. The number of nitrogens with zero attached hydrogens (tertiary/aromatic N) is 3. The van der Waals surface area contributed by atoms with E-state index in [2.05, 4.69) is 66.7 Å². The van der Waals surface area contributed by atoms with Gasteiger partial charge in [-0.15, -0.1) is 22.7 Å². The SMILES string of the molecule is N#Cc1cc(-c2ccc(-c3ccc4c(c3)sc3cc(C#N)ccc34)cc2)cc(-c2nc3ccccc3s2)c1. The Balaban J connectivity index is 1.25. The third-order valence-electron chi connectivity index (χ3n) is 6.76. The number of benzene rings is 5. The van der Waals surface area contributed by atoms with Gasteiger partial charge in [0.25, 0.3) is 0 Å². The first-order chi connectivity index (χ1) is 18.7. The third-order valence-corrected chi connectivity index (χ3v) is 8.96. The first-order valence-corrected chi connectivity index (χ1v) is 13.7. The lowest BCUT2D eigenvalue weighted by Crippen LogP contribution is -1.85. The molecular formula is C33H17N3S2. The molecule has 0 aliphatic carbocycles. The molecule has 0 spiro atoms. The van der Waals surface area contributed by atoms with Crippen LogP contribution in [0.3, 0.4) is 0 Å². The smallest absolute Gasteiger partial charge is 0.124 e. The predicted octanol–water partition coefficient (Wildman–Crippen LogP) is 9.41. The highest BCUT2D eigenvalue weighted by molar-refractivity contribution is 7.25. The molecule has 0 N–H and O–H groups in total. The number of para-hydroxylation sites is 1. The Bertz CT molecular complexity index is 2070. The van der Waals surface area contributed by atoms with Crippen molar-refractivity contribution in [1.82, 2.24) is 4.98 Å². The summed E-state index contributed by atoms with van der Waals surface area (Å²) in [4.78, 5) is 4.79. The quantitative estimate of drug-likeness (QED) is 0.234. The van der Waals surface area contributed by atoms with Crippen LogP contribution in [0, 0.1) is 22.7 Å². The number of aromatic nitrogens is 1. The van der Waals surface area contributed by atoms with Gasteiger partial charge in [-0.1, -0.05) is 54.6 Å². The van der Waals surface area contributed by atoms with Gasteiger partial charge in [-0.25, -0.2) is 4.98 Å². The van der Waals surface area contributed by atoms with Crippen molar-refractivity contribution in [2.45, 2.75) is 0 Å². The van der Waals surface area contributed by atoms with Crippen molar-refractivity contribution >= 4 is 53.1 Å². The molecule has 0 saturated heterocycles. The molecule has 0 atom stereocenters. The summed E-state index contributed by atoms with van der Waals surface area (Å²) in [5, 5.41) is 22.3. The van der Waals surface area contributed by atoms with Crippen molar-refractivity contribution in [1.29, 1.82) is 10.5 Å². The average Bonchev–Trinajstić information content (AvgIpc) is 3.57. The van der Waals surface area contributed by atoms with E-state index < -0.39 is 0 Å². The number of fused-ring (bicyclic) bond motifs is 4. The van der Waals surface area contributed by atoms with E-state index in [4.69, 9.17) is 4.98 Å². The van der Waals surface area contributed by atoms with Crippen molar-refractivity contribution in [3.8, 4) is 45.0 Å². The summed E-state index contributed by atoms with van der Waals surface area (Å²) in [5.41, 5.74) is 7.58. The molecule has 38 heavy (non-hydrogen) atoms. The summed E-state index contributed by atoms with van der Waals surface area (Å²) in [7, 11) is 0. The molecule has 0 unspecified atom stereocenters. The fraction of sp³-hybridized carbons (Fsp3) is 0. The van der Waals surface area contributed by atoms with Gasteiger partial charge < -0.3 is 0 Å². The number of thiazole rings is 1. The topological polar surface area (TPSA) is 60.5 Å². The fourth-order valence-electron chi connectivity index (χ4n) is 4.86. The van der Waals surface area contributed by atoms with Gasteiger partial charge in [0.1, 0.15) is 5.01 Å². The van der Waals surface area contributed by atoms with E-state index in [1.54, 1.807) is 22.7 Å². The molecule has 0 saturated carbocycles. The van der Waals surface area contributed by atoms with E-state index in [9.17, 15) is 10.5 Å². The Hall–Kier alpha value is -4.81. The molecule has 0 aliphatic heterocycles. The van der Waals surface area contributed by atoms with Gasteiger partial charge in [-0.2, -0.15) is 10.5 Å². The van der Waals surface area contributed by atoms with Gasteiger partial charge >= 0.3 is 0 Å². The maximum absolute atomic E-state index is 9.70. The number of hydrogen-bond donors (Lipinski definition) is 0. The molecule has 0 amide bonds. The first-order valence-electron chi connectivity index (χ1n) is 12.1. The van der Waals surface area contributed by atoms with Crippen LogP contribution < -0.4 is 0 Å². The number of nitriles is 2. The molecule has 0 radical (unpaired) electrons. The Labute approximate surface area is 227 Å². The summed E-state index contributed by atoms with van der Waals surface area (Å²) in [6, 6.07) is 39.5. The monoisotopic (exact) mass is 519 g/mol. The zero-order chi connectivity index (χ0) is 25.6. The van der Waals surface area contributed by atoms with Gasteiger partial charge in [0.15, 0.2) is 0 Å². The molecule has 0 fully saturated rings. The van der Waals surface area contributed by atoms with E-state index in [0.717, 1.165) is 47.7 Å². The number of hydrogen-bond acceptors (Lipinski definition) is 5. The van der Waals surface area contributed by atoms with Crippen LogP contribution in [0.1, 0.15) is 11.1 Å². The van der Waals surface area contributed by atoms with Crippen LogP contribution in [-0.4, -0.2) is 4.98 Å². The highest BCUT2D eigenvalue weighted by Crippen LogP contribution is 2.38. The summed E-state index contributed by atoms with van der Waals surface area (Å²) in [6.45, 7) is 0. The van der Waals surface area contributed by atoms with Gasteiger partial charge in [0, 0.05) is 25.7 Å². The van der Waals surface area contributed by atoms with Crippen molar-refractivity contribution in [2.24, 2.45) is 0 Å². The predicted molar refractivity (Wildman–Crippen MR) is 158 cm³/mol. The van der Waals surface area contributed by atoms with E-state index >= 15 is 0 Å². The molecule has 5 aromatic carbocycles. The maximum Gasteiger partial charge on any atom is 0.124 e. The van der Waals surface area contributed by atoms with Crippen LogP contribution in [0.5, 0.6) is 0 Å². The standard InChI is InChI=1S/C33H17N3S2/c34-18-20-5-11-27-28-12-10-24(17-32(28)37-31(27)15-20)22-6-8-23(9-7-22)25-13-21(19-35)14-26(16-25)33-36-29-3-1-2-4-30(29)38-33/h1-17H. The van der Waals surface area contributed by atoms with Crippen molar-refractivity contribution < 1.29 is 0 Å². The van der Waals surface area contributed by atoms with Crippen LogP contribution in [-0.2, 0) is 0 Å². The lowest BCUT2D eigenvalue weighted by atomic mass is 9.97. The Kier molecular flexibility index (Phi) is 5.27. The lowest BCUT2D eigenvalue weighted by molar-refractivity contribution is 1.45. The van der Waals surface area contributed by atoms with Crippen LogP contribution in [0.2, 0.25) is 0 Å². The highest BCUT2D eigenvalue weighted by atomic mass is 32.1. The third kappa shape index (κ3) is 3.83. The van der Waals surface area contributed by atoms with E-state index in [0.29, 0.717) is 11.1 Å². The van der Waals surface area contributed by atoms with Crippen LogP contribution >= 0.6 is 22.7 Å². The minimum Gasteiger partial charge on any atom is -0.236 e. The van der Waals surface area contributed by atoms with Crippen molar-refractivity contribution in [3.05, 3.63) is 114 Å². The fourth-order valence-corrected chi connectivity index (χ4v) is 7.00. The van der Waals surface area contributed by atoms with Crippen molar-refractivity contribution in [3.63, 3.8) is 0 Å². The average molecular weight is 520 g/mol. The van der Waals surface area contributed by atoms with E-state index in [-0.39, 0.29) is 0 Å². The minimum atomic E-state index is 0.621. The van der Waals surface area contributed by atoms with Gasteiger partial charge in [0.2, 0.25) is 0 Å². The Morgan fingerprint density at radius 2 is 1.16 bits per heavy atom. The molecule has 2 aromatic heterocycles. The highest BCUT2D eigenvalue weighted by Gasteiger charge is 2.11. The molecular weight excluding hydrogens is 503 g/mol. The van der Waals surface area contributed by atoms with Gasteiger partial charge in [0.05, 0.1) is 33.5 Å². The zero-order valence-electron chi connectivity index (χ0n) is 20.0. The van der Waals surface area contributed by atoms with Crippen LogP contribution in [0.15, 0.2) is 103 Å². The summed E-state index contributed by atoms with van der Waals surface area (Å²) < 4.78 is 3.48. The molecule has 7 rings (SSSR count). The summed E-state index contributed by atoms with van der Waals surface area (Å²) in [6.07, 6.45) is 0. The summed E-state index contributed by atoms with van der Waals surface area (Å²) in [5.74, 6) is 0. The second-order valence-electron chi connectivity index (χ2n) is 9.11. The second-order valence-corrected chi connectivity index (χ2v) is 11.2. The first kappa shape index (κ1) is 22.4. The van der Waals surface area contributed by atoms with Gasteiger partial charge in [-0.3, -0.25) is 0 Å². The van der Waals surface area contributed by atoms with E-state index in [1.807, 2.05) is 48.5 Å². The second kappa shape index (κ2) is 8.94. The summed E-state index contributed by atoms with van der Waals surface area (Å²) >= 11 is 3.36. The molecule has 5 heteroatoms. The largest absolute Gasteiger partial charge is 0.236 e.